The number of halogens is 1. The van der Waals surface area contributed by atoms with Crippen molar-refractivity contribution in [2.24, 2.45) is 0 Å². The maximum atomic E-state index is 5.91. The van der Waals surface area contributed by atoms with Crippen LogP contribution in [0.4, 0.5) is 0 Å². The zero-order chi connectivity index (χ0) is 13.7. The maximum absolute atomic E-state index is 5.91. The second kappa shape index (κ2) is 6.96. The highest BCUT2D eigenvalue weighted by Gasteiger charge is 2.20. The van der Waals surface area contributed by atoms with Crippen LogP contribution in [-0.4, -0.2) is 30.6 Å². The first kappa shape index (κ1) is 14.4. The van der Waals surface area contributed by atoms with Gasteiger partial charge in [0, 0.05) is 30.2 Å². The van der Waals surface area contributed by atoms with Crippen LogP contribution in [0.2, 0.25) is 5.02 Å². The molecule has 0 unspecified atom stereocenters. The van der Waals surface area contributed by atoms with Crippen LogP contribution < -0.4 is 5.32 Å². The van der Waals surface area contributed by atoms with Gasteiger partial charge >= 0.3 is 0 Å². The molecule has 1 N–H and O–H groups in total. The minimum atomic E-state index is 0.362. The number of hydrogen-bond donors (Lipinski definition) is 1. The highest BCUT2D eigenvalue weighted by molar-refractivity contribution is 6.30. The van der Waals surface area contributed by atoms with E-state index in [1.165, 1.54) is 18.4 Å². The van der Waals surface area contributed by atoms with Gasteiger partial charge in [-0.25, -0.2) is 0 Å². The molecule has 102 valence electrons. The first-order chi connectivity index (χ1) is 9.19. The number of terminal acetylenes is 1. The molecule has 0 aliphatic carbocycles. The second-order valence-electron chi connectivity index (χ2n) is 5.19. The van der Waals surface area contributed by atoms with Gasteiger partial charge in [0.15, 0.2) is 0 Å². The van der Waals surface area contributed by atoms with Gasteiger partial charge in [-0.2, -0.15) is 0 Å². The number of hydrogen-bond acceptors (Lipinski definition) is 2. The van der Waals surface area contributed by atoms with E-state index in [-0.39, 0.29) is 0 Å². The van der Waals surface area contributed by atoms with Gasteiger partial charge in [-0.05, 0) is 37.5 Å². The van der Waals surface area contributed by atoms with E-state index in [1.807, 2.05) is 12.1 Å². The molecule has 1 aromatic carbocycles. The fraction of sp³-hybridized carbons (Fsp3) is 0.500. The van der Waals surface area contributed by atoms with E-state index in [9.17, 15) is 0 Å². The zero-order valence-electron chi connectivity index (χ0n) is 11.4. The lowest BCUT2D eigenvalue weighted by atomic mass is 10.0. The third-order valence-electron chi connectivity index (χ3n) is 3.76. The fourth-order valence-electron chi connectivity index (χ4n) is 2.59. The van der Waals surface area contributed by atoms with E-state index in [1.54, 1.807) is 0 Å². The Bertz CT molecular complexity index is 427. The summed E-state index contributed by atoms with van der Waals surface area (Å²) < 4.78 is 0. The summed E-state index contributed by atoms with van der Waals surface area (Å²) in [4.78, 5) is 2.34. The topological polar surface area (TPSA) is 15.3 Å². The van der Waals surface area contributed by atoms with Crippen LogP contribution in [0, 0.1) is 12.3 Å². The van der Waals surface area contributed by atoms with Crippen LogP contribution >= 0.6 is 11.6 Å². The third-order valence-corrected chi connectivity index (χ3v) is 4.01. The molecule has 0 bridgehead atoms. The van der Waals surface area contributed by atoms with E-state index in [2.05, 4.69) is 35.2 Å². The van der Waals surface area contributed by atoms with E-state index in [0.29, 0.717) is 12.1 Å². The van der Waals surface area contributed by atoms with E-state index >= 15 is 0 Å². The Morgan fingerprint density at radius 1 is 1.37 bits per heavy atom. The molecule has 3 heteroatoms. The number of rotatable bonds is 4. The van der Waals surface area contributed by atoms with Crippen molar-refractivity contribution in [3.05, 3.63) is 34.9 Å². The maximum Gasteiger partial charge on any atom is 0.0598 e. The van der Waals surface area contributed by atoms with Crippen LogP contribution in [0.5, 0.6) is 0 Å². The van der Waals surface area contributed by atoms with E-state index < -0.39 is 0 Å². The lowest BCUT2D eigenvalue weighted by Crippen LogP contribution is -2.43. The Morgan fingerprint density at radius 2 is 2.00 bits per heavy atom. The normalized spacial score (nSPS) is 19.0. The molecular weight excluding hydrogens is 256 g/mol. The summed E-state index contributed by atoms with van der Waals surface area (Å²) >= 11 is 5.91. The first-order valence-corrected chi connectivity index (χ1v) is 7.24. The van der Waals surface area contributed by atoms with Gasteiger partial charge < -0.3 is 5.32 Å². The summed E-state index contributed by atoms with van der Waals surface area (Å²) in [5.41, 5.74) is 1.29. The van der Waals surface area contributed by atoms with Gasteiger partial charge in [0.2, 0.25) is 0 Å². The quantitative estimate of drug-likeness (QED) is 0.850. The molecule has 2 rings (SSSR count). The molecule has 0 aromatic heterocycles. The summed E-state index contributed by atoms with van der Waals surface area (Å²) in [5.74, 6) is 2.72. The third kappa shape index (κ3) is 4.24. The molecule has 1 saturated heterocycles. The van der Waals surface area contributed by atoms with Crippen molar-refractivity contribution in [2.45, 2.75) is 31.8 Å². The van der Waals surface area contributed by atoms with Crippen molar-refractivity contribution < 1.29 is 0 Å². The van der Waals surface area contributed by atoms with Crippen molar-refractivity contribution in [1.29, 1.82) is 0 Å². The summed E-state index contributed by atoms with van der Waals surface area (Å²) in [6, 6.07) is 9.03. The predicted octanol–water partition coefficient (Wildman–Crippen LogP) is 3.09. The zero-order valence-corrected chi connectivity index (χ0v) is 12.2. The molecule has 1 aliphatic rings. The first-order valence-electron chi connectivity index (χ1n) is 6.86. The molecule has 2 nitrogen and oxygen atoms in total. The molecule has 0 saturated carbocycles. The summed E-state index contributed by atoms with van der Waals surface area (Å²) in [5, 5.41) is 4.49. The molecule has 0 amide bonds. The Hall–Kier alpha value is -1.01. The number of piperidine rings is 1. The summed E-state index contributed by atoms with van der Waals surface area (Å²) in [6.45, 7) is 5.17. The lowest BCUT2D eigenvalue weighted by molar-refractivity contribution is 0.211. The van der Waals surface area contributed by atoms with Crippen molar-refractivity contribution >= 4 is 11.6 Å². The predicted molar refractivity (Wildman–Crippen MR) is 81.3 cm³/mol. The van der Waals surface area contributed by atoms with Crippen molar-refractivity contribution in [3.63, 3.8) is 0 Å². The van der Waals surface area contributed by atoms with Gasteiger partial charge in [-0.1, -0.05) is 29.7 Å². The SMILES string of the molecule is C#CCN1CCC(N[C@@H](C)c2ccc(Cl)cc2)CC1. The van der Waals surface area contributed by atoms with Gasteiger partial charge in [0.1, 0.15) is 0 Å². The number of likely N-dealkylation sites (tertiary alicyclic amines) is 1. The highest BCUT2D eigenvalue weighted by Crippen LogP contribution is 2.19. The van der Waals surface area contributed by atoms with Gasteiger partial charge in [-0.15, -0.1) is 6.42 Å². The smallest absolute Gasteiger partial charge is 0.0598 e. The number of nitrogens with zero attached hydrogens (tertiary/aromatic N) is 1. The van der Waals surface area contributed by atoms with Crippen molar-refractivity contribution in [2.75, 3.05) is 19.6 Å². The Labute approximate surface area is 121 Å². The van der Waals surface area contributed by atoms with Crippen LogP contribution in [-0.2, 0) is 0 Å². The average molecular weight is 277 g/mol. The molecule has 1 aromatic rings. The highest BCUT2D eigenvalue weighted by atomic mass is 35.5. The van der Waals surface area contributed by atoms with Crippen molar-refractivity contribution in [1.82, 2.24) is 10.2 Å². The van der Waals surface area contributed by atoms with E-state index in [0.717, 1.165) is 24.7 Å². The van der Waals surface area contributed by atoms with Crippen LogP contribution in [0.3, 0.4) is 0 Å². The molecule has 0 spiro atoms. The van der Waals surface area contributed by atoms with E-state index in [4.69, 9.17) is 18.0 Å². The minimum Gasteiger partial charge on any atom is -0.307 e. The Morgan fingerprint density at radius 3 is 2.58 bits per heavy atom. The molecule has 19 heavy (non-hydrogen) atoms. The monoisotopic (exact) mass is 276 g/mol. The number of benzene rings is 1. The fourth-order valence-corrected chi connectivity index (χ4v) is 2.71. The molecule has 1 aliphatic heterocycles. The summed E-state index contributed by atoms with van der Waals surface area (Å²) in [6.07, 6.45) is 7.68. The van der Waals surface area contributed by atoms with Crippen LogP contribution in [0.25, 0.3) is 0 Å². The van der Waals surface area contributed by atoms with Crippen LogP contribution in [0.1, 0.15) is 31.4 Å². The van der Waals surface area contributed by atoms with Crippen LogP contribution in [0.15, 0.2) is 24.3 Å². The number of nitrogens with one attached hydrogen (secondary N) is 1. The Balaban J connectivity index is 1.82. The van der Waals surface area contributed by atoms with Crippen molar-refractivity contribution in [3.8, 4) is 12.3 Å². The molecule has 0 radical (unpaired) electrons. The molecular formula is C16H21ClN2. The van der Waals surface area contributed by atoms with Gasteiger partial charge in [0.05, 0.1) is 6.54 Å². The molecule has 1 fully saturated rings. The lowest BCUT2D eigenvalue weighted by Gasteiger charge is -2.33. The molecule has 1 atom stereocenters. The minimum absolute atomic E-state index is 0.362. The van der Waals surface area contributed by atoms with Gasteiger partial charge in [-0.3, -0.25) is 4.90 Å². The average Bonchev–Trinajstić information content (AvgIpc) is 2.42. The Kier molecular flexibility index (Phi) is 5.27. The molecule has 1 heterocycles. The largest absolute Gasteiger partial charge is 0.307 e. The standard InChI is InChI=1S/C16H21ClN2/c1-3-10-19-11-8-16(9-12-19)18-13(2)14-4-6-15(17)7-5-14/h1,4-7,13,16,18H,8-12H2,2H3/t13-/m0/s1. The second-order valence-corrected chi connectivity index (χ2v) is 5.63. The van der Waals surface area contributed by atoms with Gasteiger partial charge in [0.25, 0.3) is 0 Å². The summed E-state index contributed by atoms with van der Waals surface area (Å²) in [7, 11) is 0.